The fourth-order valence-electron chi connectivity index (χ4n) is 2.05. The first-order valence-corrected chi connectivity index (χ1v) is 6.24. The maximum absolute atomic E-state index is 8.78. The highest BCUT2D eigenvalue weighted by molar-refractivity contribution is 6.28. The Kier molecular flexibility index (Phi) is 4.34. The molecule has 1 aromatic rings. The van der Waals surface area contributed by atoms with E-state index in [9.17, 15) is 0 Å². The Balaban J connectivity index is 2.16. The zero-order valence-electron chi connectivity index (χ0n) is 9.56. The molecule has 4 nitrogen and oxygen atoms in total. The minimum absolute atomic E-state index is 0.00545. The van der Waals surface area contributed by atoms with Crippen LogP contribution in [0.3, 0.4) is 0 Å². The zero-order valence-corrected chi connectivity index (χ0v) is 10.3. The van der Waals surface area contributed by atoms with Gasteiger partial charge in [-0.3, -0.25) is 0 Å². The Bertz CT molecular complexity index is 403. The van der Waals surface area contributed by atoms with Crippen LogP contribution in [0.15, 0.2) is 12.3 Å². The standard InChI is InChI=1S/C12H16ClN3O/c13-12-14-8-9(4-3-7-17)11(16-12)15-10-5-1-2-6-10/h3-4,8,10,17H,1-2,5-7H2,(H,14,15,16). The quantitative estimate of drug-likeness (QED) is 0.810. The summed E-state index contributed by atoms with van der Waals surface area (Å²) in [6, 6.07) is 0.474. The second-order valence-corrected chi connectivity index (χ2v) is 4.49. The van der Waals surface area contributed by atoms with Gasteiger partial charge >= 0.3 is 0 Å². The molecule has 92 valence electrons. The van der Waals surface area contributed by atoms with Gasteiger partial charge in [-0.1, -0.05) is 25.0 Å². The molecule has 0 radical (unpaired) electrons. The van der Waals surface area contributed by atoms with Crippen molar-refractivity contribution in [2.45, 2.75) is 31.7 Å². The van der Waals surface area contributed by atoms with E-state index in [1.807, 2.05) is 0 Å². The lowest BCUT2D eigenvalue weighted by Gasteiger charge is -2.14. The number of anilines is 1. The summed E-state index contributed by atoms with van der Waals surface area (Å²) in [5.41, 5.74) is 0.857. The average Bonchev–Trinajstić information content (AvgIpc) is 2.81. The van der Waals surface area contributed by atoms with E-state index in [1.165, 1.54) is 25.7 Å². The van der Waals surface area contributed by atoms with Crippen LogP contribution in [0.5, 0.6) is 0 Å². The van der Waals surface area contributed by atoms with Crippen molar-refractivity contribution in [1.82, 2.24) is 9.97 Å². The molecule has 2 N–H and O–H groups in total. The van der Waals surface area contributed by atoms with E-state index < -0.39 is 0 Å². The first-order chi connectivity index (χ1) is 8.29. The van der Waals surface area contributed by atoms with Crippen molar-refractivity contribution in [3.63, 3.8) is 0 Å². The summed E-state index contributed by atoms with van der Waals surface area (Å²) < 4.78 is 0. The highest BCUT2D eigenvalue weighted by Crippen LogP contribution is 2.24. The van der Waals surface area contributed by atoms with Crippen molar-refractivity contribution in [1.29, 1.82) is 0 Å². The van der Waals surface area contributed by atoms with Gasteiger partial charge in [-0.05, 0) is 24.4 Å². The molecule has 0 amide bonds. The summed E-state index contributed by atoms with van der Waals surface area (Å²) in [5.74, 6) is 0.751. The van der Waals surface area contributed by atoms with Crippen LogP contribution in [0.2, 0.25) is 5.28 Å². The molecule has 0 atom stereocenters. The zero-order chi connectivity index (χ0) is 12.1. The second kappa shape index (κ2) is 5.98. The fourth-order valence-corrected chi connectivity index (χ4v) is 2.18. The number of nitrogens with one attached hydrogen (secondary N) is 1. The minimum atomic E-state index is 0.00545. The van der Waals surface area contributed by atoms with Crippen LogP contribution in [-0.4, -0.2) is 27.7 Å². The van der Waals surface area contributed by atoms with Crippen molar-refractivity contribution >= 4 is 23.5 Å². The predicted octanol–water partition coefficient (Wildman–Crippen LogP) is 2.49. The van der Waals surface area contributed by atoms with Crippen LogP contribution in [0.25, 0.3) is 6.08 Å². The number of aliphatic hydroxyl groups excluding tert-OH is 1. The maximum Gasteiger partial charge on any atom is 0.224 e. The number of hydrogen-bond acceptors (Lipinski definition) is 4. The van der Waals surface area contributed by atoms with Gasteiger partial charge in [-0.25, -0.2) is 9.97 Å². The van der Waals surface area contributed by atoms with Crippen LogP contribution < -0.4 is 5.32 Å². The molecule has 1 aromatic heterocycles. The van der Waals surface area contributed by atoms with Crippen molar-refractivity contribution in [2.75, 3.05) is 11.9 Å². The van der Waals surface area contributed by atoms with E-state index >= 15 is 0 Å². The number of rotatable bonds is 4. The lowest BCUT2D eigenvalue weighted by Crippen LogP contribution is -2.16. The van der Waals surface area contributed by atoms with Crippen molar-refractivity contribution < 1.29 is 5.11 Å². The Morgan fingerprint density at radius 1 is 1.47 bits per heavy atom. The summed E-state index contributed by atoms with van der Waals surface area (Å²) in [6.45, 7) is 0.00545. The van der Waals surface area contributed by atoms with Crippen LogP contribution in [0.4, 0.5) is 5.82 Å². The van der Waals surface area contributed by atoms with Crippen LogP contribution in [-0.2, 0) is 0 Å². The lowest BCUT2D eigenvalue weighted by molar-refractivity contribution is 0.343. The molecule has 1 aliphatic rings. The SMILES string of the molecule is OCC=Cc1cnc(Cl)nc1NC1CCCC1. The van der Waals surface area contributed by atoms with Gasteiger partial charge in [0.2, 0.25) is 5.28 Å². The average molecular weight is 254 g/mol. The molecule has 5 heteroatoms. The summed E-state index contributed by atoms with van der Waals surface area (Å²) in [5, 5.41) is 12.4. The smallest absolute Gasteiger partial charge is 0.224 e. The van der Waals surface area contributed by atoms with E-state index in [-0.39, 0.29) is 11.9 Å². The molecular weight excluding hydrogens is 238 g/mol. The summed E-state index contributed by atoms with van der Waals surface area (Å²) in [6.07, 6.45) is 9.99. The van der Waals surface area contributed by atoms with Crippen molar-refractivity contribution in [3.8, 4) is 0 Å². The number of aromatic nitrogens is 2. The van der Waals surface area contributed by atoms with Crippen molar-refractivity contribution in [3.05, 3.63) is 23.1 Å². The first kappa shape index (κ1) is 12.3. The second-order valence-electron chi connectivity index (χ2n) is 4.15. The van der Waals surface area contributed by atoms with E-state index in [0.717, 1.165) is 11.4 Å². The van der Waals surface area contributed by atoms with Gasteiger partial charge in [0.15, 0.2) is 0 Å². The fraction of sp³-hybridized carbons (Fsp3) is 0.500. The van der Waals surface area contributed by atoms with Crippen molar-refractivity contribution in [2.24, 2.45) is 0 Å². The molecule has 0 bridgehead atoms. The molecule has 0 unspecified atom stereocenters. The van der Waals surface area contributed by atoms with Gasteiger partial charge in [0.25, 0.3) is 0 Å². The molecule has 1 aliphatic carbocycles. The third kappa shape index (κ3) is 3.41. The van der Waals surface area contributed by atoms with Crippen LogP contribution in [0.1, 0.15) is 31.2 Å². The molecule has 0 aromatic carbocycles. The number of nitrogens with zero attached hydrogens (tertiary/aromatic N) is 2. The number of halogens is 1. The molecule has 0 spiro atoms. The van der Waals surface area contributed by atoms with E-state index in [4.69, 9.17) is 16.7 Å². The van der Waals surface area contributed by atoms with E-state index in [0.29, 0.717) is 6.04 Å². The summed E-state index contributed by atoms with van der Waals surface area (Å²) in [4.78, 5) is 8.15. The molecule has 1 heterocycles. The monoisotopic (exact) mass is 253 g/mol. The van der Waals surface area contributed by atoms with E-state index in [1.54, 1.807) is 18.3 Å². The predicted molar refractivity (Wildman–Crippen MR) is 69.0 cm³/mol. The molecular formula is C12H16ClN3O. The largest absolute Gasteiger partial charge is 0.392 e. The number of hydrogen-bond donors (Lipinski definition) is 2. The lowest BCUT2D eigenvalue weighted by atomic mass is 10.2. The third-order valence-electron chi connectivity index (χ3n) is 2.89. The Hall–Kier alpha value is -1.13. The van der Waals surface area contributed by atoms with Gasteiger partial charge in [-0.2, -0.15) is 0 Å². The van der Waals surface area contributed by atoms with Gasteiger partial charge in [-0.15, -0.1) is 0 Å². The normalized spacial score (nSPS) is 16.8. The molecule has 1 saturated carbocycles. The van der Waals surface area contributed by atoms with Crippen LogP contribution >= 0.6 is 11.6 Å². The Morgan fingerprint density at radius 2 is 2.24 bits per heavy atom. The Morgan fingerprint density at radius 3 is 2.94 bits per heavy atom. The summed E-state index contributed by atoms with van der Waals surface area (Å²) in [7, 11) is 0. The molecule has 2 rings (SSSR count). The highest BCUT2D eigenvalue weighted by Gasteiger charge is 2.16. The number of aliphatic hydroxyl groups is 1. The van der Waals surface area contributed by atoms with Crippen LogP contribution in [0, 0.1) is 0 Å². The summed E-state index contributed by atoms with van der Waals surface area (Å²) >= 11 is 5.80. The molecule has 17 heavy (non-hydrogen) atoms. The minimum Gasteiger partial charge on any atom is -0.392 e. The van der Waals surface area contributed by atoms with Gasteiger partial charge in [0.05, 0.1) is 6.61 Å². The van der Waals surface area contributed by atoms with E-state index in [2.05, 4.69) is 15.3 Å². The molecule has 0 aliphatic heterocycles. The first-order valence-electron chi connectivity index (χ1n) is 5.86. The molecule has 1 fully saturated rings. The molecule has 0 saturated heterocycles. The highest BCUT2D eigenvalue weighted by atomic mass is 35.5. The van der Waals surface area contributed by atoms with Gasteiger partial charge in [0.1, 0.15) is 5.82 Å². The van der Waals surface area contributed by atoms with Gasteiger partial charge < -0.3 is 10.4 Å². The third-order valence-corrected chi connectivity index (χ3v) is 3.07. The Labute approximate surface area is 106 Å². The maximum atomic E-state index is 8.78. The topological polar surface area (TPSA) is 58.0 Å². The van der Waals surface area contributed by atoms with Gasteiger partial charge in [0, 0.05) is 17.8 Å².